The van der Waals surface area contributed by atoms with Crippen LogP contribution in [0.15, 0.2) is 0 Å². The summed E-state index contributed by atoms with van der Waals surface area (Å²) in [6.07, 6.45) is 0. The van der Waals surface area contributed by atoms with Crippen LogP contribution >= 0.6 is 0 Å². The summed E-state index contributed by atoms with van der Waals surface area (Å²) in [5.74, 6) is 0. The average molecular weight is 190 g/mol. The summed E-state index contributed by atoms with van der Waals surface area (Å²) >= 11 is 0. The van der Waals surface area contributed by atoms with Crippen molar-refractivity contribution < 1.29 is 19.7 Å². The van der Waals surface area contributed by atoms with Gasteiger partial charge in [-0.2, -0.15) is 0 Å². The van der Waals surface area contributed by atoms with Crippen molar-refractivity contribution in [1.82, 2.24) is 0 Å². The zero-order valence-electron chi connectivity index (χ0n) is 7.17. The largest absolute Gasteiger partial charge is 2.00 e. The van der Waals surface area contributed by atoms with Crippen LogP contribution < -0.4 is 10.2 Å². The molecular formula is C6H14CaO4. The molecule has 0 N–H and O–H groups in total. The fourth-order valence-corrected chi connectivity index (χ4v) is 0.167. The van der Waals surface area contributed by atoms with Gasteiger partial charge in [-0.3, -0.25) is 0 Å². The summed E-state index contributed by atoms with van der Waals surface area (Å²) in [5, 5.41) is 18.8. The molecule has 0 fully saturated rings. The fraction of sp³-hybridized carbons (Fsp3) is 1.00. The maximum atomic E-state index is 9.40. The van der Waals surface area contributed by atoms with E-state index in [4.69, 9.17) is 0 Å². The molecule has 0 unspecified atom stereocenters. The smallest absolute Gasteiger partial charge is 0.853 e. The van der Waals surface area contributed by atoms with E-state index in [0.717, 1.165) is 0 Å². The molecule has 0 aromatic heterocycles. The number of hydrogen-bond donors (Lipinski definition) is 0. The molecule has 0 amide bonds. The minimum absolute atomic E-state index is 0. The van der Waals surface area contributed by atoms with Crippen LogP contribution in [-0.2, 0) is 9.47 Å². The Morgan fingerprint density at radius 2 is 1.18 bits per heavy atom. The third-order valence-electron chi connectivity index (χ3n) is 0.575. The summed E-state index contributed by atoms with van der Waals surface area (Å²) in [5.41, 5.74) is 0. The molecule has 0 spiro atoms. The number of hydrogen-bond acceptors (Lipinski definition) is 4. The minimum Gasteiger partial charge on any atom is -0.853 e. The third kappa shape index (κ3) is 35.3. The van der Waals surface area contributed by atoms with Gasteiger partial charge in [0.1, 0.15) is 0 Å². The van der Waals surface area contributed by atoms with Crippen LogP contribution in [0.25, 0.3) is 0 Å². The summed E-state index contributed by atoms with van der Waals surface area (Å²) in [4.78, 5) is 0. The number of methoxy groups -OCH3 is 2. The van der Waals surface area contributed by atoms with E-state index in [1.54, 1.807) is 0 Å². The maximum absolute atomic E-state index is 9.40. The van der Waals surface area contributed by atoms with E-state index >= 15 is 0 Å². The molecule has 0 aliphatic rings. The molecule has 0 aliphatic heterocycles. The molecule has 0 rings (SSSR count). The first-order valence-electron chi connectivity index (χ1n) is 2.97. The molecular weight excluding hydrogens is 176 g/mol. The maximum Gasteiger partial charge on any atom is 2.00 e. The SMILES string of the molecule is COCC[O-].COCC[O-].[Ca+2]. The van der Waals surface area contributed by atoms with Crippen molar-refractivity contribution in [3.05, 3.63) is 0 Å². The first-order chi connectivity index (χ1) is 4.83. The Morgan fingerprint density at radius 1 is 0.909 bits per heavy atom. The summed E-state index contributed by atoms with van der Waals surface area (Å²) in [7, 11) is 3.02. The van der Waals surface area contributed by atoms with Gasteiger partial charge >= 0.3 is 37.7 Å². The second-order valence-corrected chi connectivity index (χ2v) is 1.39. The van der Waals surface area contributed by atoms with Crippen molar-refractivity contribution in [2.45, 2.75) is 0 Å². The Hall–Kier alpha value is 1.10. The third-order valence-corrected chi connectivity index (χ3v) is 0.575. The monoisotopic (exact) mass is 190 g/mol. The zero-order chi connectivity index (χ0) is 8.24. The van der Waals surface area contributed by atoms with E-state index in [9.17, 15) is 10.2 Å². The first-order valence-corrected chi connectivity index (χ1v) is 2.97. The summed E-state index contributed by atoms with van der Waals surface area (Å²) in [6, 6.07) is 0. The van der Waals surface area contributed by atoms with Crippen molar-refractivity contribution in [3.8, 4) is 0 Å². The molecule has 0 aromatic carbocycles. The summed E-state index contributed by atoms with van der Waals surface area (Å²) in [6.45, 7) is 0.410. The Labute approximate surface area is 97.5 Å². The molecule has 4 nitrogen and oxygen atoms in total. The van der Waals surface area contributed by atoms with Crippen LogP contribution in [0, 0.1) is 0 Å². The van der Waals surface area contributed by atoms with Crippen molar-refractivity contribution in [2.24, 2.45) is 0 Å². The van der Waals surface area contributed by atoms with Crippen molar-refractivity contribution in [2.75, 3.05) is 40.6 Å². The van der Waals surface area contributed by atoms with Gasteiger partial charge in [-0.15, -0.1) is 13.2 Å². The Morgan fingerprint density at radius 3 is 1.18 bits per heavy atom. The quantitative estimate of drug-likeness (QED) is 0.464. The van der Waals surface area contributed by atoms with Crippen LogP contribution in [0.2, 0.25) is 0 Å². The molecule has 0 saturated heterocycles. The van der Waals surface area contributed by atoms with E-state index in [2.05, 4.69) is 9.47 Å². The van der Waals surface area contributed by atoms with Gasteiger partial charge in [0.2, 0.25) is 0 Å². The van der Waals surface area contributed by atoms with Crippen LogP contribution in [0.5, 0.6) is 0 Å². The predicted octanol–water partition coefficient (Wildman–Crippen LogP) is -2.39. The molecule has 0 radical (unpaired) electrons. The predicted molar refractivity (Wildman–Crippen MR) is 39.2 cm³/mol. The van der Waals surface area contributed by atoms with Gasteiger partial charge in [0.25, 0.3) is 0 Å². The topological polar surface area (TPSA) is 64.6 Å². The van der Waals surface area contributed by atoms with Gasteiger partial charge in [-0.1, -0.05) is 0 Å². The molecule has 0 aromatic rings. The molecule has 0 aliphatic carbocycles. The second-order valence-electron chi connectivity index (χ2n) is 1.39. The molecule has 5 heteroatoms. The van der Waals surface area contributed by atoms with Gasteiger partial charge in [0.05, 0.1) is 0 Å². The second kappa shape index (κ2) is 22.5. The van der Waals surface area contributed by atoms with Gasteiger partial charge in [-0.05, 0) is 0 Å². The van der Waals surface area contributed by atoms with Crippen molar-refractivity contribution >= 4 is 37.7 Å². The zero-order valence-corrected chi connectivity index (χ0v) is 9.38. The first kappa shape index (κ1) is 18.0. The average Bonchev–Trinajstić information content (AvgIpc) is 1.93. The Balaban J connectivity index is -0.000000107. The standard InChI is InChI=1S/2C3H7O2.Ca/c2*1-5-3-2-4;/h2*2-3H2,1H3;/q2*-1;+2. The van der Waals surface area contributed by atoms with E-state index < -0.39 is 0 Å². The van der Waals surface area contributed by atoms with Gasteiger partial charge in [-0.25, -0.2) is 0 Å². The van der Waals surface area contributed by atoms with Crippen molar-refractivity contribution in [3.63, 3.8) is 0 Å². The van der Waals surface area contributed by atoms with Crippen LogP contribution in [-0.4, -0.2) is 78.4 Å². The molecule has 0 atom stereocenters. The van der Waals surface area contributed by atoms with Crippen LogP contribution in [0.1, 0.15) is 0 Å². The van der Waals surface area contributed by atoms with Crippen LogP contribution in [0.3, 0.4) is 0 Å². The van der Waals surface area contributed by atoms with E-state index in [0.29, 0.717) is 13.2 Å². The Bertz CT molecular complexity index is 35.6. The van der Waals surface area contributed by atoms with Crippen molar-refractivity contribution in [1.29, 1.82) is 0 Å². The normalized spacial score (nSPS) is 7.64. The number of ether oxygens (including phenoxy) is 2. The Kier molecular flexibility index (Phi) is 36.8. The van der Waals surface area contributed by atoms with Gasteiger partial charge < -0.3 is 19.7 Å². The van der Waals surface area contributed by atoms with E-state index in [-0.39, 0.29) is 51.0 Å². The van der Waals surface area contributed by atoms with Gasteiger partial charge in [0.15, 0.2) is 0 Å². The molecule has 64 valence electrons. The minimum atomic E-state index is -0.128. The molecule has 0 saturated carbocycles. The van der Waals surface area contributed by atoms with E-state index in [1.807, 2.05) is 0 Å². The fourth-order valence-electron chi connectivity index (χ4n) is 0.167. The van der Waals surface area contributed by atoms with Gasteiger partial charge in [0, 0.05) is 27.4 Å². The van der Waals surface area contributed by atoms with Crippen LogP contribution in [0.4, 0.5) is 0 Å². The summed E-state index contributed by atoms with van der Waals surface area (Å²) < 4.78 is 8.76. The molecule has 0 heterocycles. The number of rotatable bonds is 4. The molecule has 11 heavy (non-hydrogen) atoms. The molecule has 0 bridgehead atoms. The van der Waals surface area contributed by atoms with E-state index in [1.165, 1.54) is 14.2 Å².